The zero-order valence-electron chi connectivity index (χ0n) is 20.1. The summed E-state index contributed by atoms with van der Waals surface area (Å²) >= 11 is 0. The molecule has 1 N–H and O–H groups in total. The Morgan fingerprint density at radius 1 is 0.865 bits per heavy atom. The number of amides is 3. The number of ether oxygens (including phenoxy) is 2. The van der Waals surface area contributed by atoms with Crippen LogP contribution in [0.25, 0.3) is 10.9 Å². The van der Waals surface area contributed by atoms with E-state index in [9.17, 15) is 14.4 Å². The molecule has 3 heterocycles. The number of methoxy groups -OCH3 is 1. The van der Waals surface area contributed by atoms with Gasteiger partial charge in [-0.05, 0) is 42.0 Å². The van der Waals surface area contributed by atoms with Crippen LogP contribution in [0.5, 0.6) is 5.75 Å². The third-order valence-electron chi connectivity index (χ3n) is 6.79. The van der Waals surface area contributed by atoms with Crippen molar-refractivity contribution in [3.63, 3.8) is 0 Å². The number of pyridine rings is 1. The first kappa shape index (κ1) is 22.9. The zero-order chi connectivity index (χ0) is 25.5. The standard InChI is InChI=1S/C29H23N3O5/c1-36-14-15-37-25-13-12-23-17(21(25)16-32-28(34)18-6-2-3-7-19(18)29(32)35)10-11-24(30-23)26-20-8-4-5-9-22(20)31-27(26)33/h2-13,26H,14-16H2,1H3,(H,31,33). The molecular weight excluding hydrogens is 470 g/mol. The molecule has 184 valence electrons. The quantitative estimate of drug-likeness (QED) is 0.307. The number of aromatic nitrogens is 1. The summed E-state index contributed by atoms with van der Waals surface area (Å²) in [4.78, 5) is 45.0. The van der Waals surface area contributed by atoms with Gasteiger partial charge in [-0.3, -0.25) is 24.3 Å². The molecule has 0 bridgehead atoms. The van der Waals surface area contributed by atoms with E-state index in [1.807, 2.05) is 42.5 Å². The first-order valence-corrected chi connectivity index (χ1v) is 12.0. The third kappa shape index (κ3) is 3.82. The summed E-state index contributed by atoms with van der Waals surface area (Å²) in [7, 11) is 1.59. The summed E-state index contributed by atoms with van der Waals surface area (Å²) in [5.74, 6) is -0.787. The number of para-hydroxylation sites is 1. The van der Waals surface area contributed by atoms with E-state index in [1.54, 1.807) is 37.4 Å². The fourth-order valence-corrected chi connectivity index (χ4v) is 5.00. The number of benzene rings is 3. The number of nitrogens with one attached hydrogen (secondary N) is 1. The van der Waals surface area contributed by atoms with Crippen molar-refractivity contribution in [3.05, 3.63) is 101 Å². The number of rotatable bonds is 7. The predicted molar refractivity (Wildman–Crippen MR) is 137 cm³/mol. The molecule has 0 spiro atoms. The molecular formula is C29H23N3O5. The van der Waals surface area contributed by atoms with E-state index >= 15 is 0 Å². The van der Waals surface area contributed by atoms with Gasteiger partial charge in [-0.15, -0.1) is 0 Å². The van der Waals surface area contributed by atoms with Crippen LogP contribution in [-0.2, 0) is 16.1 Å². The molecule has 8 heteroatoms. The summed E-state index contributed by atoms with van der Waals surface area (Å²) in [5.41, 5.74) is 4.37. The maximum Gasteiger partial charge on any atom is 0.261 e. The molecule has 1 aromatic heterocycles. The van der Waals surface area contributed by atoms with E-state index in [1.165, 1.54) is 4.90 Å². The number of hydrogen-bond acceptors (Lipinski definition) is 6. The van der Waals surface area contributed by atoms with Crippen LogP contribution in [0.15, 0.2) is 72.8 Å². The highest BCUT2D eigenvalue weighted by molar-refractivity contribution is 6.21. The van der Waals surface area contributed by atoms with Gasteiger partial charge < -0.3 is 14.8 Å². The van der Waals surface area contributed by atoms with Crippen molar-refractivity contribution in [2.45, 2.75) is 12.5 Å². The number of fused-ring (bicyclic) bond motifs is 3. The molecule has 0 fully saturated rings. The fraction of sp³-hybridized carbons (Fsp3) is 0.172. The van der Waals surface area contributed by atoms with Crippen molar-refractivity contribution in [1.82, 2.24) is 9.88 Å². The minimum Gasteiger partial charge on any atom is -0.491 e. The van der Waals surface area contributed by atoms with Crippen LogP contribution in [-0.4, -0.2) is 47.9 Å². The minimum absolute atomic E-state index is 0.0276. The van der Waals surface area contributed by atoms with Crippen molar-refractivity contribution in [3.8, 4) is 5.75 Å². The van der Waals surface area contributed by atoms with E-state index in [4.69, 9.17) is 14.5 Å². The molecule has 0 radical (unpaired) electrons. The highest BCUT2D eigenvalue weighted by Gasteiger charge is 2.36. The van der Waals surface area contributed by atoms with Crippen LogP contribution in [0.2, 0.25) is 0 Å². The summed E-state index contributed by atoms with van der Waals surface area (Å²) in [6.45, 7) is 0.722. The molecule has 1 atom stereocenters. The molecule has 4 aromatic rings. The lowest BCUT2D eigenvalue weighted by atomic mass is 9.95. The van der Waals surface area contributed by atoms with Crippen molar-refractivity contribution in [2.75, 3.05) is 25.6 Å². The van der Waals surface area contributed by atoms with Crippen LogP contribution >= 0.6 is 0 Å². The highest BCUT2D eigenvalue weighted by Crippen LogP contribution is 2.38. The van der Waals surface area contributed by atoms with Crippen LogP contribution in [0.4, 0.5) is 5.69 Å². The number of nitrogens with zero attached hydrogens (tertiary/aromatic N) is 2. The molecule has 37 heavy (non-hydrogen) atoms. The van der Waals surface area contributed by atoms with Gasteiger partial charge in [-0.1, -0.05) is 36.4 Å². The van der Waals surface area contributed by atoms with Crippen molar-refractivity contribution in [2.24, 2.45) is 0 Å². The maximum absolute atomic E-state index is 13.1. The summed E-state index contributed by atoms with van der Waals surface area (Å²) in [6, 6.07) is 21.7. The molecule has 2 aliphatic heterocycles. The van der Waals surface area contributed by atoms with Crippen molar-refractivity contribution < 1.29 is 23.9 Å². The van der Waals surface area contributed by atoms with Crippen LogP contribution in [0.3, 0.4) is 0 Å². The summed E-state index contributed by atoms with van der Waals surface area (Å²) in [5, 5.41) is 3.66. The van der Waals surface area contributed by atoms with Crippen molar-refractivity contribution >= 4 is 34.3 Å². The summed E-state index contributed by atoms with van der Waals surface area (Å²) in [6.07, 6.45) is 0. The van der Waals surface area contributed by atoms with E-state index in [0.29, 0.717) is 46.9 Å². The third-order valence-corrected chi connectivity index (χ3v) is 6.79. The van der Waals surface area contributed by atoms with Gasteiger partial charge in [-0.25, -0.2) is 0 Å². The predicted octanol–water partition coefficient (Wildman–Crippen LogP) is 4.14. The Kier molecular flexibility index (Phi) is 5.65. The second kappa shape index (κ2) is 9.15. The number of carbonyl (C=O) groups is 3. The molecule has 3 amide bonds. The number of carbonyl (C=O) groups excluding carboxylic acids is 3. The molecule has 1 unspecified atom stereocenters. The van der Waals surface area contributed by atoms with E-state index < -0.39 is 5.92 Å². The van der Waals surface area contributed by atoms with Crippen LogP contribution in [0, 0.1) is 0 Å². The lowest BCUT2D eigenvalue weighted by molar-refractivity contribution is -0.116. The molecule has 2 aliphatic rings. The van der Waals surface area contributed by atoms with Gasteiger partial charge in [0.25, 0.3) is 11.8 Å². The first-order chi connectivity index (χ1) is 18.1. The average molecular weight is 494 g/mol. The normalized spacial score (nSPS) is 16.2. The van der Waals surface area contributed by atoms with Gasteiger partial charge in [0.1, 0.15) is 18.3 Å². The molecule has 3 aromatic carbocycles. The molecule has 0 aliphatic carbocycles. The lowest BCUT2D eigenvalue weighted by Crippen LogP contribution is -2.29. The van der Waals surface area contributed by atoms with Crippen molar-refractivity contribution in [1.29, 1.82) is 0 Å². The second-order valence-electron chi connectivity index (χ2n) is 8.94. The SMILES string of the molecule is COCCOc1ccc2nc(C3C(=O)Nc4ccccc43)ccc2c1CN1C(=O)c2ccccc2C1=O. The van der Waals surface area contributed by atoms with Crippen LogP contribution < -0.4 is 10.1 Å². The van der Waals surface area contributed by atoms with E-state index in [-0.39, 0.29) is 24.3 Å². The molecule has 0 saturated carbocycles. The molecule has 8 nitrogen and oxygen atoms in total. The Bertz CT molecular complexity index is 1550. The smallest absolute Gasteiger partial charge is 0.261 e. The zero-order valence-corrected chi connectivity index (χ0v) is 20.1. The lowest BCUT2D eigenvalue weighted by Gasteiger charge is -2.19. The van der Waals surface area contributed by atoms with Gasteiger partial charge in [-0.2, -0.15) is 0 Å². The van der Waals surface area contributed by atoms with Gasteiger partial charge in [0.15, 0.2) is 0 Å². The monoisotopic (exact) mass is 493 g/mol. The first-order valence-electron chi connectivity index (χ1n) is 12.0. The Morgan fingerprint density at radius 3 is 2.35 bits per heavy atom. The van der Waals surface area contributed by atoms with E-state index in [2.05, 4.69) is 5.32 Å². The second-order valence-corrected chi connectivity index (χ2v) is 8.94. The van der Waals surface area contributed by atoms with Gasteiger partial charge in [0.05, 0.1) is 35.5 Å². The van der Waals surface area contributed by atoms with Gasteiger partial charge >= 0.3 is 0 Å². The molecule has 0 saturated heterocycles. The number of anilines is 1. The number of imide groups is 1. The van der Waals surface area contributed by atoms with E-state index in [0.717, 1.165) is 16.6 Å². The Morgan fingerprint density at radius 2 is 1.59 bits per heavy atom. The maximum atomic E-state index is 13.1. The topological polar surface area (TPSA) is 97.8 Å². The largest absolute Gasteiger partial charge is 0.491 e. The average Bonchev–Trinajstić information content (AvgIpc) is 3.38. The Labute approximate surface area is 212 Å². The highest BCUT2D eigenvalue weighted by atomic mass is 16.5. The van der Waals surface area contributed by atoms with Crippen LogP contribution in [0.1, 0.15) is 43.5 Å². The molecule has 6 rings (SSSR count). The Hall–Kier alpha value is -4.56. The number of hydrogen-bond donors (Lipinski definition) is 1. The minimum atomic E-state index is -0.516. The summed E-state index contributed by atoms with van der Waals surface area (Å²) < 4.78 is 11.1. The van der Waals surface area contributed by atoms with Gasteiger partial charge in [0.2, 0.25) is 5.91 Å². The van der Waals surface area contributed by atoms with Gasteiger partial charge in [0, 0.05) is 23.7 Å². The Balaban J connectivity index is 1.41. The fourth-order valence-electron chi connectivity index (χ4n) is 5.00.